The number of methoxy groups -OCH3 is 1. The van der Waals surface area contributed by atoms with Crippen molar-refractivity contribution >= 4 is 0 Å². The first-order valence-electron chi connectivity index (χ1n) is 7.96. The van der Waals surface area contributed by atoms with E-state index in [1.807, 2.05) is 0 Å². The van der Waals surface area contributed by atoms with Gasteiger partial charge in [0.2, 0.25) is 0 Å². The highest BCUT2D eigenvalue weighted by molar-refractivity contribution is 5.27. The highest BCUT2D eigenvalue weighted by atomic mass is 16.5. The second-order valence-electron chi connectivity index (χ2n) is 5.74. The first-order chi connectivity index (χ1) is 9.71. The topological polar surface area (TPSA) is 21.3 Å². The molecule has 2 nitrogen and oxygen atoms in total. The molecular weight excluding hydrogens is 246 g/mol. The summed E-state index contributed by atoms with van der Waals surface area (Å²) < 4.78 is 5.14. The van der Waals surface area contributed by atoms with E-state index >= 15 is 0 Å². The van der Waals surface area contributed by atoms with E-state index in [1.54, 1.807) is 7.11 Å². The molecule has 1 aromatic carbocycles. The molecule has 0 aliphatic carbocycles. The van der Waals surface area contributed by atoms with E-state index in [9.17, 15) is 0 Å². The smallest absolute Gasteiger partial charge is 0.0587 e. The third-order valence-corrected chi connectivity index (χ3v) is 4.57. The molecule has 1 rings (SSSR count). The van der Waals surface area contributed by atoms with Gasteiger partial charge >= 0.3 is 0 Å². The third-order valence-electron chi connectivity index (χ3n) is 4.57. The summed E-state index contributed by atoms with van der Waals surface area (Å²) in [5, 5.41) is 3.59. The van der Waals surface area contributed by atoms with Crippen molar-refractivity contribution in [3.05, 3.63) is 35.9 Å². The van der Waals surface area contributed by atoms with Gasteiger partial charge in [0.15, 0.2) is 0 Å². The summed E-state index contributed by atoms with van der Waals surface area (Å²) in [7, 11) is 1.76. The highest BCUT2D eigenvalue weighted by Crippen LogP contribution is 2.37. The zero-order valence-electron chi connectivity index (χ0n) is 13.6. The van der Waals surface area contributed by atoms with E-state index in [0.717, 1.165) is 26.1 Å². The molecule has 0 aliphatic heterocycles. The van der Waals surface area contributed by atoms with Crippen LogP contribution in [0.2, 0.25) is 0 Å². The van der Waals surface area contributed by atoms with Crippen LogP contribution in [0.1, 0.15) is 45.6 Å². The van der Waals surface area contributed by atoms with Gasteiger partial charge in [0.05, 0.1) is 6.61 Å². The molecule has 2 unspecified atom stereocenters. The summed E-state index contributed by atoms with van der Waals surface area (Å²) in [5.41, 5.74) is 1.69. The Balaban J connectivity index is 2.91. The molecule has 0 aliphatic rings. The van der Waals surface area contributed by atoms with Gasteiger partial charge in [-0.3, -0.25) is 0 Å². The molecule has 0 saturated carbocycles. The first-order valence-corrected chi connectivity index (χ1v) is 7.96. The van der Waals surface area contributed by atoms with Crippen LogP contribution in [0.3, 0.4) is 0 Å². The molecule has 0 amide bonds. The Morgan fingerprint density at radius 1 is 1.20 bits per heavy atom. The summed E-state index contributed by atoms with van der Waals surface area (Å²) in [5.74, 6) is 0.676. The van der Waals surface area contributed by atoms with E-state index in [4.69, 9.17) is 4.74 Å². The van der Waals surface area contributed by atoms with E-state index in [1.165, 1.54) is 18.4 Å². The molecule has 0 radical (unpaired) electrons. The van der Waals surface area contributed by atoms with Gasteiger partial charge < -0.3 is 10.1 Å². The predicted molar refractivity (Wildman–Crippen MR) is 87.2 cm³/mol. The molecule has 1 aromatic rings. The third kappa shape index (κ3) is 4.32. The predicted octanol–water partition coefficient (Wildman–Crippen LogP) is 4.01. The fourth-order valence-corrected chi connectivity index (χ4v) is 3.20. The number of ether oxygens (including phenoxy) is 1. The second kappa shape index (κ2) is 9.15. The Morgan fingerprint density at radius 3 is 2.45 bits per heavy atom. The lowest BCUT2D eigenvalue weighted by Crippen LogP contribution is -2.43. The lowest BCUT2D eigenvalue weighted by atomic mass is 9.67. The zero-order chi connectivity index (χ0) is 14.8. The standard InChI is InChI=1S/C18H31NO/c1-5-10-16(3)18(6-2,15-19-13-14-20-4)17-11-8-7-9-12-17/h7-9,11-12,16,19H,5-6,10,13-15H2,1-4H3. The van der Waals surface area contributed by atoms with Gasteiger partial charge in [0.25, 0.3) is 0 Å². The molecular formula is C18H31NO. The Bertz CT molecular complexity index is 352. The zero-order valence-corrected chi connectivity index (χ0v) is 13.6. The maximum absolute atomic E-state index is 5.14. The highest BCUT2D eigenvalue weighted by Gasteiger charge is 2.35. The summed E-state index contributed by atoms with van der Waals surface area (Å²) in [6, 6.07) is 11.0. The van der Waals surface area contributed by atoms with Crippen molar-refractivity contribution in [2.24, 2.45) is 5.92 Å². The molecule has 20 heavy (non-hydrogen) atoms. The monoisotopic (exact) mass is 277 g/mol. The van der Waals surface area contributed by atoms with Crippen molar-refractivity contribution in [1.82, 2.24) is 5.32 Å². The molecule has 1 N–H and O–H groups in total. The number of benzene rings is 1. The normalized spacial score (nSPS) is 15.8. The van der Waals surface area contributed by atoms with Crippen molar-refractivity contribution in [2.45, 2.75) is 45.4 Å². The Kier molecular flexibility index (Phi) is 7.86. The van der Waals surface area contributed by atoms with Crippen molar-refractivity contribution in [1.29, 1.82) is 0 Å². The van der Waals surface area contributed by atoms with Crippen molar-refractivity contribution in [3.8, 4) is 0 Å². The maximum Gasteiger partial charge on any atom is 0.0587 e. The van der Waals surface area contributed by atoms with E-state index in [2.05, 4.69) is 56.4 Å². The molecule has 0 bridgehead atoms. The van der Waals surface area contributed by atoms with Crippen LogP contribution in [-0.4, -0.2) is 26.8 Å². The fraction of sp³-hybridized carbons (Fsp3) is 0.667. The first kappa shape index (κ1) is 17.2. The quantitative estimate of drug-likeness (QED) is 0.653. The van der Waals surface area contributed by atoms with Crippen molar-refractivity contribution < 1.29 is 4.74 Å². The van der Waals surface area contributed by atoms with Crippen LogP contribution in [-0.2, 0) is 10.2 Å². The van der Waals surface area contributed by atoms with Crippen LogP contribution in [0.5, 0.6) is 0 Å². The van der Waals surface area contributed by atoms with E-state index in [0.29, 0.717) is 5.92 Å². The minimum absolute atomic E-state index is 0.227. The summed E-state index contributed by atoms with van der Waals surface area (Å²) in [6.45, 7) is 9.72. The molecule has 2 heteroatoms. The van der Waals surface area contributed by atoms with Crippen LogP contribution in [0.4, 0.5) is 0 Å². The lowest BCUT2D eigenvalue weighted by Gasteiger charge is -2.40. The maximum atomic E-state index is 5.14. The van der Waals surface area contributed by atoms with Gasteiger partial charge in [0.1, 0.15) is 0 Å². The molecule has 0 heterocycles. The van der Waals surface area contributed by atoms with Crippen molar-refractivity contribution in [3.63, 3.8) is 0 Å². The average molecular weight is 277 g/mol. The van der Waals surface area contributed by atoms with Crippen LogP contribution in [0, 0.1) is 5.92 Å². The van der Waals surface area contributed by atoms with Gasteiger partial charge in [-0.05, 0) is 17.9 Å². The van der Waals surface area contributed by atoms with Gasteiger partial charge in [-0.1, -0.05) is 63.9 Å². The fourth-order valence-electron chi connectivity index (χ4n) is 3.20. The average Bonchev–Trinajstić information content (AvgIpc) is 2.49. The number of hydrogen-bond acceptors (Lipinski definition) is 2. The SMILES string of the molecule is CCCC(C)C(CC)(CNCCOC)c1ccccc1. The number of nitrogens with one attached hydrogen (secondary N) is 1. The minimum atomic E-state index is 0.227. The molecule has 0 aromatic heterocycles. The minimum Gasteiger partial charge on any atom is -0.383 e. The van der Waals surface area contributed by atoms with Crippen LogP contribution < -0.4 is 5.32 Å². The van der Waals surface area contributed by atoms with Crippen molar-refractivity contribution in [2.75, 3.05) is 26.8 Å². The van der Waals surface area contributed by atoms with Crippen LogP contribution in [0.15, 0.2) is 30.3 Å². The summed E-state index contributed by atoms with van der Waals surface area (Å²) in [6.07, 6.45) is 3.68. The van der Waals surface area contributed by atoms with E-state index < -0.39 is 0 Å². The van der Waals surface area contributed by atoms with Crippen LogP contribution in [0.25, 0.3) is 0 Å². The second-order valence-corrected chi connectivity index (χ2v) is 5.74. The Labute approximate surface area is 124 Å². The molecule has 0 saturated heterocycles. The number of rotatable bonds is 10. The van der Waals surface area contributed by atoms with Gasteiger partial charge in [-0.15, -0.1) is 0 Å². The summed E-state index contributed by atoms with van der Waals surface area (Å²) >= 11 is 0. The Morgan fingerprint density at radius 2 is 1.90 bits per heavy atom. The molecule has 2 atom stereocenters. The summed E-state index contributed by atoms with van der Waals surface area (Å²) in [4.78, 5) is 0. The number of hydrogen-bond donors (Lipinski definition) is 1. The van der Waals surface area contributed by atoms with E-state index in [-0.39, 0.29) is 5.41 Å². The van der Waals surface area contributed by atoms with Gasteiger partial charge in [-0.25, -0.2) is 0 Å². The largest absolute Gasteiger partial charge is 0.383 e. The Hall–Kier alpha value is -0.860. The van der Waals surface area contributed by atoms with Crippen LogP contribution >= 0.6 is 0 Å². The molecule has 0 fully saturated rings. The lowest BCUT2D eigenvalue weighted by molar-refractivity contribution is 0.188. The van der Waals surface area contributed by atoms with Gasteiger partial charge in [0, 0.05) is 25.6 Å². The van der Waals surface area contributed by atoms with Gasteiger partial charge in [-0.2, -0.15) is 0 Å². The molecule has 0 spiro atoms. The molecule has 114 valence electrons.